The van der Waals surface area contributed by atoms with Crippen molar-refractivity contribution in [3.8, 4) is 22.9 Å². The van der Waals surface area contributed by atoms with Gasteiger partial charge in [0, 0.05) is 12.0 Å². The van der Waals surface area contributed by atoms with E-state index in [4.69, 9.17) is 14.2 Å². The Kier molecular flexibility index (Phi) is 7.30. The predicted octanol–water partition coefficient (Wildman–Crippen LogP) is 3.75. The maximum Gasteiger partial charge on any atom is 0.343 e. The number of unbranched alkanes of at least 4 members (excludes halogenated alkanes) is 1. The van der Waals surface area contributed by atoms with Crippen LogP contribution in [0.3, 0.4) is 0 Å². The molecule has 1 saturated heterocycles. The molecule has 0 unspecified atom stereocenters. The van der Waals surface area contributed by atoms with Crippen LogP contribution in [0.1, 0.15) is 46.0 Å². The zero-order valence-corrected chi connectivity index (χ0v) is 16.8. The molecule has 7 heteroatoms. The van der Waals surface area contributed by atoms with Gasteiger partial charge in [-0.1, -0.05) is 13.3 Å². The van der Waals surface area contributed by atoms with Crippen molar-refractivity contribution in [2.24, 2.45) is 0 Å². The third kappa shape index (κ3) is 6.35. The number of ether oxygens (including phenoxy) is 3. The summed E-state index contributed by atoms with van der Waals surface area (Å²) in [4.78, 5) is 31.4. The number of epoxide rings is 1. The summed E-state index contributed by atoms with van der Waals surface area (Å²) in [6, 6.07) is 7.46. The topological polar surface area (TPSA) is 90.9 Å². The summed E-state index contributed by atoms with van der Waals surface area (Å²) in [6.45, 7) is 4.22. The van der Waals surface area contributed by atoms with E-state index in [1.165, 1.54) is 12.4 Å². The summed E-state index contributed by atoms with van der Waals surface area (Å²) < 4.78 is 16.3. The Morgan fingerprint density at radius 1 is 1.07 bits per heavy atom. The molecule has 1 aromatic heterocycles. The van der Waals surface area contributed by atoms with Crippen molar-refractivity contribution < 1.29 is 23.8 Å². The molecule has 2 heterocycles. The number of nitrogens with zero attached hydrogens (tertiary/aromatic N) is 2. The van der Waals surface area contributed by atoms with E-state index in [1.54, 1.807) is 6.92 Å². The average Bonchev–Trinajstić information content (AvgIpc) is 3.48. The molecule has 2 aromatic rings. The Balaban J connectivity index is 1.47. The van der Waals surface area contributed by atoms with Crippen LogP contribution in [0.25, 0.3) is 11.4 Å². The molecule has 0 N–H and O–H groups in total. The first-order valence-corrected chi connectivity index (χ1v) is 9.98. The number of rotatable bonds is 11. The standard InChI is InChI=1S/C22H26N2O5/c1-3-6-19-20(29-19)22(26)28-18-13-23-21(24-14-18)16-8-10-17(11-9-16)27-12-5-4-7-15(2)25/h8-11,13-14,19-20H,3-7,12H2,1-2H3/t19-,20-/m1/s1. The lowest BCUT2D eigenvalue weighted by Crippen LogP contribution is -2.17. The molecular formula is C22H26N2O5. The number of carbonyl (C=O) groups excluding carboxylic acids is 2. The van der Waals surface area contributed by atoms with Crippen molar-refractivity contribution in [3.63, 3.8) is 0 Å². The number of carbonyl (C=O) groups is 2. The summed E-state index contributed by atoms with van der Waals surface area (Å²) in [5.41, 5.74) is 0.834. The van der Waals surface area contributed by atoms with Gasteiger partial charge in [-0.2, -0.15) is 0 Å². The van der Waals surface area contributed by atoms with E-state index in [0.29, 0.717) is 24.6 Å². The van der Waals surface area contributed by atoms with E-state index in [9.17, 15) is 9.59 Å². The van der Waals surface area contributed by atoms with Crippen molar-refractivity contribution in [2.75, 3.05) is 6.61 Å². The minimum Gasteiger partial charge on any atom is -0.494 e. The number of hydrogen-bond donors (Lipinski definition) is 0. The van der Waals surface area contributed by atoms with Crippen molar-refractivity contribution >= 4 is 11.8 Å². The Bertz CT molecular complexity index is 820. The molecule has 7 nitrogen and oxygen atoms in total. The second-order valence-electron chi connectivity index (χ2n) is 7.08. The van der Waals surface area contributed by atoms with Gasteiger partial charge in [0.15, 0.2) is 17.7 Å². The molecule has 3 rings (SSSR count). The van der Waals surface area contributed by atoms with E-state index in [-0.39, 0.29) is 11.9 Å². The summed E-state index contributed by atoms with van der Waals surface area (Å²) in [5, 5.41) is 0. The quantitative estimate of drug-likeness (QED) is 0.323. The highest BCUT2D eigenvalue weighted by Gasteiger charge is 2.45. The molecule has 2 atom stereocenters. The Hall–Kier alpha value is -2.80. The van der Waals surface area contributed by atoms with Crippen LogP contribution >= 0.6 is 0 Å². The largest absolute Gasteiger partial charge is 0.494 e. The third-order valence-electron chi connectivity index (χ3n) is 4.54. The molecule has 0 aliphatic carbocycles. The Morgan fingerprint density at radius 3 is 2.45 bits per heavy atom. The number of esters is 1. The molecule has 0 amide bonds. The third-order valence-corrected chi connectivity index (χ3v) is 4.54. The van der Waals surface area contributed by atoms with Gasteiger partial charge >= 0.3 is 5.97 Å². The van der Waals surface area contributed by atoms with Crippen LogP contribution < -0.4 is 9.47 Å². The van der Waals surface area contributed by atoms with Crippen LogP contribution in [-0.2, 0) is 14.3 Å². The lowest BCUT2D eigenvalue weighted by atomic mass is 10.2. The zero-order chi connectivity index (χ0) is 20.6. The zero-order valence-electron chi connectivity index (χ0n) is 16.8. The van der Waals surface area contributed by atoms with Gasteiger partial charge in [0.25, 0.3) is 0 Å². The maximum atomic E-state index is 12.0. The average molecular weight is 398 g/mol. The molecule has 0 saturated carbocycles. The molecular weight excluding hydrogens is 372 g/mol. The first-order chi connectivity index (χ1) is 14.1. The highest BCUT2D eigenvalue weighted by Crippen LogP contribution is 2.28. The van der Waals surface area contributed by atoms with Gasteiger partial charge in [-0.05, 0) is 50.5 Å². The second-order valence-corrected chi connectivity index (χ2v) is 7.08. The minimum atomic E-state index is -0.468. The van der Waals surface area contributed by atoms with Crippen LogP contribution in [0.15, 0.2) is 36.7 Å². The lowest BCUT2D eigenvalue weighted by Gasteiger charge is -2.07. The number of Topliss-reactive ketones (excluding diaryl/α,β-unsaturated/α-hetero) is 1. The van der Waals surface area contributed by atoms with Gasteiger partial charge in [0.2, 0.25) is 0 Å². The van der Waals surface area contributed by atoms with Crippen LogP contribution in [0.5, 0.6) is 11.5 Å². The number of benzene rings is 1. The van der Waals surface area contributed by atoms with Crippen LogP contribution in [0, 0.1) is 0 Å². The molecule has 0 radical (unpaired) electrons. The predicted molar refractivity (Wildman–Crippen MR) is 107 cm³/mol. The van der Waals surface area contributed by atoms with Crippen molar-refractivity contribution in [3.05, 3.63) is 36.7 Å². The summed E-state index contributed by atoms with van der Waals surface area (Å²) in [5.74, 6) is 1.40. The molecule has 1 aliphatic rings. The Labute approximate surface area is 170 Å². The first kappa shape index (κ1) is 20.9. The smallest absolute Gasteiger partial charge is 0.343 e. The fourth-order valence-electron chi connectivity index (χ4n) is 2.91. The van der Waals surface area contributed by atoms with Gasteiger partial charge in [-0.15, -0.1) is 0 Å². The van der Waals surface area contributed by atoms with E-state index < -0.39 is 12.1 Å². The van der Waals surface area contributed by atoms with E-state index >= 15 is 0 Å². The number of ketones is 1. The summed E-state index contributed by atoms with van der Waals surface area (Å²) in [7, 11) is 0. The van der Waals surface area contributed by atoms with Crippen LogP contribution in [0.2, 0.25) is 0 Å². The van der Waals surface area contributed by atoms with Gasteiger partial charge in [0.05, 0.1) is 25.1 Å². The van der Waals surface area contributed by atoms with Crippen molar-refractivity contribution in [1.82, 2.24) is 9.97 Å². The number of aromatic nitrogens is 2. The van der Waals surface area contributed by atoms with Gasteiger partial charge in [-0.3, -0.25) is 0 Å². The highest BCUT2D eigenvalue weighted by molar-refractivity contribution is 5.80. The molecule has 0 bridgehead atoms. The monoisotopic (exact) mass is 398 g/mol. The maximum absolute atomic E-state index is 12.0. The summed E-state index contributed by atoms with van der Waals surface area (Å²) in [6.07, 6.45) is 6.57. The molecule has 0 spiro atoms. The van der Waals surface area contributed by atoms with E-state index in [2.05, 4.69) is 9.97 Å². The summed E-state index contributed by atoms with van der Waals surface area (Å²) >= 11 is 0. The number of hydrogen-bond acceptors (Lipinski definition) is 7. The lowest BCUT2D eigenvalue weighted by molar-refractivity contribution is -0.135. The first-order valence-electron chi connectivity index (χ1n) is 9.98. The van der Waals surface area contributed by atoms with Crippen LogP contribution in [-0.4, -0.2) is 40.5 Å². The molecule has 1 aromatic carbocycles. The highest BCUT2D eigenvalue weighted by atomic mass is 16.6. The van der Waals surface area contributed by atoms with Gasteiger partial charge in [-0.25, -0.2) is 14.8 Å². The van der Waals surface area contributed by atoms with Crippen LogP contribution in [0.4, 0.5) is 0 Å². The van der Waals surface area contributed by atoms with Gasteiger partial charge in [0.1, 0.15) is 11.5 Å². The molecule has 1 aliphatic heterocycles. The molecule has 154 valence electrons. The normalized spacial score (nSPS) is 17.6. The fraction of sp³-hybridized carbons (Fsp3) is 0.455. The molecule has 29 heavy (non-hydrogen) atoms. The van der Waals surface area contributed by atoms with Crippen molar-refractivity contribution in [2.45, 2.75) is 58.2 Å². The fourth-order valence-corrected chi connectivity index (χ4v) is 2.91. The van der Waals surface area contributed by atoms with Gasteiger partial charge < -0.3 is 19.0 Å². The van der Waals surface area contributed by atoms with E-state index in [0.717, 1.165) is 37.0 Å². The SMILES string of the molecule is CCC[C@H]1O[C@H]1C(=O)Oc1cnc(-c2ccc(OCCCCC(C)=O)cc2)nc1. The van der Waals surface area contributed by atoms with Crippen molar-refractivity contribution in [1.29, 1.82) is 0 Å². The minimum absolute atomic E-state index is 0.0254. The Morgan fingerprint density at radius 2 is 1.79 bits per heavy atom. The van der Waals surface area contributed by atoms with E-state index in [1.807, 2.05) is 31.2 Å². The second kappa shape index (κ2) is 10.1. The molecule has 1 fully saturated rings.